The molecule has 0 saturated heterocycles. The lowest BCUT2D eigenvalue weighted by molar-refractivity contribution is 0.465. The Kier molecular flexibility index (Phi) is 4.23. The van der Waals surface area contributed by atoms with E-state index < -0.39 is 0 Å². The highest BCUT2D eigenvalue weighted by Crippen LogP contribution is 2.29. The molecule has 0 fully saturated rings. The van der Waals surface area contributed by atoms with Gasteiger partial charge in [-0.2, -0.15) is 5.10 Å². The van der Waals surface area contributed by atoms with Crippen molar-refractivity contribution in [1.29, 1.82) is 0 Å². The molecule has 0 saturated carbocycles. The molecule has 0 bridgehead atoms. The Bertz CT molecular complexity index is 660. The quantitative estimate of drug-likeness (QED) is 0.930. The van der Waals surface area contributed by atoms with E-state index in [1.165, 1.54) is 10.7 Å². The van der Waals surface area contributed by atoms with Crippen LogP contribution in [0.5, 0.6) is 5.75 Å². The first-order valence-corrected chi connectivity index (χ1v) is 6.94. The number of aromatic nitrogens is 2. The number of nitrogens with zero attached hydrogens (tertiary/aromatic N) is 2. The predicted octanol–water partition coefficient (Wildman–Crippen LogP) is 3.15. The van der Waals surface area contributed by atoms with Gasteiger partial charge < -0.3 is 5.11 Å². The van der Waals surface area contributed by atoms with Crippen molar-refractivity contribution in [3.8, 4) is 17.0 Å². The topological polar surface area (TPSA) is 55.1 Å². The largest absolute Gasteiger partial charge is 0.508 e. The van der Waals surface area contributed by atoms with Gasteiger partial charge in [0.25, 0.3) is 5.56 Å². The minimum absolute atomic E-state index is 0.0985. The normalized spacial score (nSPS) is 11.0. The average Bonchev–Trinajstić information content (AvgIpc) is 2.41. The molecule has 20 heavy (non-hydrogen) atoms. The van der Waals surface area contributed by atoms with E-state index in [2.05, 4.69) is 5.10 Å². The predicted molar refractivity (Wildman–Crippen MR) is 80.0 cm³/mol. The first-order valence-electron chi connectivity index (χ1n) is 6.94. The minimum atomic E-state index is -0.0985. The maximum atomic E-state index is 11.7. The molecule has 106 valence electrons. The lowest BCUT2D eigenvalue weighted by Gasteiger charge is -2.10. The van der Waals surface area contributed by atoms with E-state index >= 15 is 0 Å². The van der Waals surface area contributed by atoms with Crippen LogP contribution in [0.3, 0.4) is 0 Å². The number of hydrogen-bond donors (Lipinski definition) is 1. The highest BCUT2D eigenvalue weighted by atomic mass is 16.3. The summed E-state index contributed by atoms with van der Waals surface area (Å²) >= 11 is 0. The third kappa shape index (κ3) is 2.90. The van der Waals surface area contributed by atoms with Crippen molar-refractivity contribution in [3.05, 3.63) is 46.2 Å². The van der Waals surface area contributed by atoms with Crippen LogP contribution >= 0.6 is 0 Å². The molecule has 0 amide bonds. The maximum Gasteiger partial charge on any atom is 0.266 e. The van der Waals surface area contributed by atoms with E-state index in [1.54, 1.807) is 12.1 Å². The van der Waals surface area contributed by atoms with Gasteiger partial charge in [-0.05, 0) is 30.0 Å². The van der Waals surface area contributed by atoms with Crippen molar-refractivity contribution in [3.63, 3.8) is 0 Å². The molecule has 0 atom stereocenters. The van der Waals surface area contributed by atoms with Gasteiger partial charge in [-0.1, -0.05) is 32.9 Å². The molecule has 4 nitrogen and oxygen atoms in total. The average molecular weight is 272 g/mol. The number of aryl methyl sites for hydroxylation is 1. The van der Waals surface area contributed by atoms with Crippen molar-refractivity contribution in [1.82, 2.24) is 9.78 Å². The molecule has 0 aliphatic rings. The van der Waals surface area contributed by atoms with E-state index in [9.17, 15) is 9.90 Å². The van der Waals surface area contributed by atoms with Gasteiger partial charge >= 0.3 is 0 Å². The van der Waals surface area contributed by atoms with E-state index in [4.69, 9.17) is 0 Å². The summed E-state index contributed by atoms with van der Waals surface area (Å²) in [6.45, 7) is 6.68. The van der Waals surface area contributed by atoms with Gasteiger partial charge in [0.2, 0.25) is 0 Å². The second-order valence-electron chi connectivity index (χ2n) is 5.21. The van der Waals surface area contributed by atoms with Crippen LogP contribution in [0.25, 0.3) is 11.3 Å². The molecule has 0 unspecified atom stereocenters. The standard InChI is InChI=1S/C16H20N2O2/c1-4-9-18-16(20)8-7-14(17-18)12-5-6-13(11(2)3)15(19)10-12/h5-8,10-11,19H,4,9H2,1-3H3. The van der Waals surface area contributed by atoms with Gasteiger partial charge in [-0.15, -0.1) is 0 Å². The van der Waals surface area contributed by atoms with Gasteiger partial charge in [0.15, 0.2) is 0 Å². The number of rotatable bonds is 4. The number of phenolic OH excluding ortho intramolecular Hbond substituents is 1. The Morgan fingerprint density at radius 2 is 2.00 bits per heavy atom. The molecular weight excluding hydrogens is 252 g/mol. The SMILES string of the molecule is CCCn1nc(-c2ccc(C(C)C)c(O)c2)ccc1=O. The van der Waals surface area contributed by atoms with Crippen LogP contribution in [-0.4, -0.2) is 14.9 Å². The molecular formula is C16H20N2O2. The Morgan fingerprint density at radius 3 is 2.60 bits per heavy atom. The van der Waals surface area contributed by atoms with Crippen molar-refractivity contribution in [2.24, 2.45) is 0 Å². The van der Waals surface area contributed by atoms with Crippen molar-refractivity contribution >= 4 is 0 Å². The van der Waals surface area contributed by atoms with Crippen LogP contribution in [0.15, 0.2) is 35.1 Å². The first-order chi connectivity index (χ1) is 9.52. The smallest absolute Gasteiger partial charge is 0.266 e. The van der Waals surface area contributed by atoms with Crippen LogP contribution in [-0.2, 0) is 6.54 Å². The molecule has 0 aliphatic carbocycles. The molecule has 1 N–H and O–H groups in total. The number of phenols is 1. The molecule has 2 rings (SSSR count). The summed E-state index contributed by atoms with van der Waals surface area (Å²) in [5.74, 6) is 0.540. The Balaban J connectivity index is 2.44. The fraction of sp³-hybridized carbons (Fsp3) is 0.375. The molecule has 0 spiro atoms. The van der Waals surface area contributed by atoms with E-state index in [0.717, 1.165) is 17.5 Å². The van der Waals surface area contributed by atoms with Gasteiger partial charge in [-0.25, -0.2) is 4.68 Å². The summed E-state index contributed by atoms with van der Waals surface area (Å²) in [5.41, 5.74) is 2.33. The molecule has 0 aliphatic heterocycles. The zero-order valence-corrected chi connectivity index (χ0v) is 12.1. The second-order valence-corrected chi connectivity index (χ2v) is 5.21. The van der Waals surface area contributed by atoms with Crippen LogP contribution in [0.4, 0.5) is 0 Å². The maximum absolute atomic E-state index is 11.7. The third-order valence-corrected chi connectivity index (χ3v) is 3.25. The summed E-state index contributed by atoms with van der Waals surface area (Å²) in [5, 5.41) is 14.4. The van der Waals surface area contributed by atoms with Gasteiger partial charge in [-0.3, -0.25) is 4.79 Å². The Hall–Kier alpha value is -2.10. The van der Waals surface area contributed by atoms with E-state index in [-0.39, 0.29) is 17.2 Å². The second kappa shape index (κ2) is 5.90. The van der Waals surface area contributed by atoms with E-state index in [1.807, 2.05) is 32.9 Å². The lowest BCUT2D eigenvalue weighted by Crippen LogP contribution is -2.21. The molecule has 1 heterocycles. The van der Waals surface area contributed by atoms with Crippen LogP contribution in [0, 0.1) is 0 Å². The summed E-state index contributed by atoms with van der Waals surface area (Å²) < 4.78 is 1.46. The van der Waals surface area contributed by atoms with Crippen LogP contribution < -0.4 is 5.56 Å². The highest BCUT2D eigenvalue weighted by molar-refractivity contribution is 5.62. The van der Waals surface area contributed by atoms with Gasteiger partial charge in [0.05, 0.1) is 5.69 Å². The Labute approximate surface area is 118 Å². The third-order valence-electron chi connectivity index (χ3n) is 3.25. The van der Waals surface area contributed by atoms with Crippen molar-refractivity contribution in [2.45, 2.75) is 39.7 Å². The fourth-order valence-corrected chi connectivity index (χ4v) is 2.17. The highest BCUT2D eigenvalue weighted by Gasteiger charge is 2.09. The minimum Gasteiger partial charge on any atom is -0.508 e. The zero-order valence-electron chi connectivity index (χ0n) is 12.1. The molecule has 0 radical (unpaired) electrons. The van der Waals surface area contributed by atoms with Crippen LogP contribution in [0.1, 0.15) is 38.7 Å². The molecule has 1 aromatic heterocycles. The van der Waals surface area contributed by atoms with Gasteiger partial charge in [0.1, 0.15) is 5.75 Å². The summed E-state index contributed by atoms with van der Waals surface area (Å²) in [6.07, 6.45) is 0.855. The van der Waals surface area contributed by atoms with Crippen molar-refractivity contribution in [2.75, 3.05) is 0 Å². The number of aromatic hydroxyl groups is 1. The molecule has 1 aromatic carbocycles. The molecule has 4 heteroatoms. The number of hydrogen-bond acceptors (Lipinski definition) is 3. The summed E-state index contributed by atoms with van der Waals surface area (Å²) in [4.78, 5) is 11.7. The molecule has 2 aromatic rings. The van der Waals surface area contributed by atoms with E-state index in [0.29, 0.717) is 12.2 Å². The fourth-order valence-electron chi connectivity index (χ4n) is 2.17. The Morgan fingerprint density at radius 1 is 1.25 bits per heavy atom. The zero-order chi connectivity index (χ0) is 14.7. The monoisotopic (exact) mass is 272 g/mol. The number of benzene rings is 1. The summed E-state index contributed by atoms with van der Waals surface area (Å²) in [6, 6.07) is 8.76. The van der Waals surface area contributed by atoms with Crippen molar-refractivity contribution < 1.29 is 5.11 Å². The lowest BCUT2D eigenvalue weighted by atomic mass is 9.99. The van der Waals surface area contributed by atoms with Crippen LogP contribution in [0.2, 0.25) is 0 Å². The van der Waals surface area contributed by atoms with Gasteiger partial charge in [0, 0.05) is 18.2 Å². The summed E-state index contributed by atoms with van der Waals surface area (Å²) in [7, 11) is 0. The first kappa shape index (κ1) is 14.3.